The lowest BCUT2D eigenvalue weighted by atomic mass is 9.67. The van der Waals surface area contributed by atoms with Crippen LogP contribution in [0.2, 0.25) is 0 Å². The van der Waals surface area contributed by atoms with Crippen LogP contribution < -0.4 is 0 Å². The van der Waals surface area contributed by atoms with Crippen LogP contribution >= 0.6 is 0 Å². The summed E-state index contributed by atoms with van der Waals surface area (Å²) in [6.07, 6.45) is 0. The summed E-state index contributed by atoms with van der Waals surface area (Å²) in [6, 6.07) is 59.2. The Kier molecular flexibility index (Phi) is 10.4. The summed E-state index contributed by atoms with van der Waals surface area (Å²) in [7, 11) is 0. The van der Waals surface area contributed by atoms with Crippen molar-refractivity contribution < 1.29 is 43.9 Å². The Morgan fingerprint density at radius 2 is 0.427 bits per heavy atom. The Labute approximate surface area is 421 Å². The van der Waals surface area contributed by atoms with Crippen LogP contribution in [0, 0.1) is 58.2 Å². The Bertz CT molecular complexity index is 3950. The zero-order chi connectivity index (χ0) is 51.6. The molecule has 0 unspecified atom stereocenters. The molecule has 0 aliphatic heterocycles. The van der Waals surface area contributed by atoms with Crippen molar-refractivity contribution in [2.75, 3.05) is 0 Å². The lowest BCUT2D eigenvalue weighted by Gasteiger charge is -2.34. The molecule has 0 bridgehead atoms. The van der Waals surface area contributed by atoms with Gasteiger partial charge < -0.3 is 0 Å². The van der Waals surface area contributed by atoms with Crippen molar-refractivity contribution in [2.45, 2.75) is 5.41 Å². The maximum absolute atomic E-state index is 15.7. The van der Waals surface area contributed by atoms with E-state index < -0.39 is 74.7 Å². The summed E-state index contributed by atoms with van der Waals surface area (Å²) in [5.74, 6) is -20.4. The molecule has 75 heavy (non-hydrogen) atoms. The number of hydrogen-bond acceptors (Lipinski definition) is 0. The fraction of sp³-hybridized carbons (Fsp3) is 0.0154. The maximum Gasteiger partial charge on any atom is 0.200 e. The van der Waals surface area contributed by atoms with Crippen molar-refractivity contribution in [3.63, 3.8) is 0 Å². The monoisotopic (exact) mass is 1000 g/mol. The van der Waals surface area contributed by atoms with Gasteiger partial charge in [0.1, 0.15) is 0 Å². The molecule has 1 aliphatic carbocycles. The molecule has 12 aromatic rings. The predicted molar refractivity (Wildman–Crippen MR) is 275 cm³/mol. The van der Waals surface area contributed by atoms with Gasteiger partial charge in [-0.05, 0) is 98.7 Å². The molecule has 0 saturated carbocycles. The summed E-state index contributed by atoms with van der Waals surface area (Å²) in [5.41, 5.74) is 5.35. The Hall–Kier alpha value is -9.02. The van der Waals surface area contributed by atoms with E-state index in [-0.39, 0.29) is 32.7 Å². The molecule has 0 amide bonds. The van der Waals surface area contributed by atoms with Crippen LogP contribution in [0.25, 0.3) is 98.7 Å². The van der Waals surface area contributed by atoms with Crippen LogP contribution in [-0.4, -0.2) is 0 Å². The Balaban J connectivity index is 1.01. The minimum atomic E-state index is -2.24. The highest BCUT2D eigenvalue weighted by atomic mass is 19.2. The third kappa shape index (κ3) is 6.38. The standard InChI is InChI=1S/C65H32F10/c66-55-53(56(67)60(71)63(74)59(55)70)51-43-19-5-1-15-39(43)49(40-16-2-6-20-44(40)51)33-25-29-35(30-26-33)65(47-23-11-9-13-37(47)38-14-10-12-24-48(38)65)36-31-27-34(28-32-36)50-41-17-3-7-21-45(41)52(46-22-8-4-18-42(46)50)54-57(68)61(72)64(75)62(73)58(54)69/h1-32H. The molecule has 13 rings (SSSR count). The van der Waals surface area contributed by atoms with E-state index in [0.717, 1.165) is 33.4 Å². The molecule has 0 radical (unpaired) electrons. The lowest BCUT2D eigenvalue weighted by molar-refractivity contribution is 0.381. The number of benzene rings is 12. The Morgan fingerprint density at radius 3 is 0.707 bits per heavy atom. The smallest absolute Gasteiger partial charge is 0.200 e. The van der Waals surface area contributed by atoms with Crippen LogP contribution in [0.1, 0.15) is 22.3 Å². The van der Waals surface area contributed by atoms with E-state index in [9.17, 15) is 26.3 Å². The first-order chi connectivity index (χ1) is 36.4. The van der Waals surface area contributed by atoms with Gasteiger partial charge in [-0.3, -0.25) is 0 Å². The zero-order valence-corrected chi connectivity index (χ0v) is 38.8. The molecule has 12 aromatic carbocycles. The minimum absolute atomic E-state index is 0.130. The number of halogens is 10. The predicted octanol–water partition coefficient (Wildman–Crippen LogP) is 18.7. The molecule has 1 aliphatic rings. The molecule has 0 fully saturated rings. The molecule has 0 nitrogen and oxygen atoms in total. The molecular formula is C65H32F10. The van der Waals surface area contributed by atoms with Crippen molar-refractivity contribution in [1.82, 2.24) is 0 Å². The van der Waals surface area contributed by atoms with Gasteiger partial charge in [-0.2, -0.15) is 0 Å². The molecule has 10 heteroatoms. The minimum Gasteiger partial charge on any atom is -0.203 e. The average molecular weight is 1000 g/mol. The van der Waals surface area contributed by atoms with Gasteiger partial charge in [-0.1, -0.05) is 194 Å². The molecule has 0 spiro atoms. The molecule has 0 saturated heterocycles. The van der Waals surface area contributed by atoms with Gasteiger partial charge in [0.2, 0.25) is 11.6 Å². The normalized spacial score (nSPS) is 12.8. The summed E-state index contributed by atoms with van der Waals surface area (Å²) in [5, 5.41) is 3.19. The van der Waals surface area contributed by atoms with Crippen molar-refractivity contribution in [3.05, 3.63) is 275 Å². The van der Waals surface area contributed by atoms with E-state index in [0.29, 0.717) is 43.8 Å². The van der Waals surface area contributed by atoms with E-state index in [1.54, 1.807) is 97.1 Å². The van der Waals surface area contributed by atoms with Crippen LogP contribution in [-0.2, 0) is 5.41 Å². The van der Waals surface area contributed by atoms with Gasteiger partial charge >= 0.3 is 0 Å². The number of hydrogen-bond donors (Lipinski definition) is 0. The molecule has 0 heterocycles. The van der Waals surface area contributed by atoms with Gasteiger partial charge in [0, 0.05) is 11.1 Å². The zero-order valence-electron chi connectivity index (χ0n) is 38.8. The number of rotatable bonds is 6. The molecule has 0 atom stereocenters. The fourth-order valence-electron chi connectivity index (χ4n) is 11.9. The summed E-state index contributed by atoms with van der Waals surface area (Å²) in [4.78, 5) is 0. The molecule has 362 valence electrons. The van der Waals surface area contributed by atoms with Crippen LogP contribution in [0.15, 0.2) is 194 Å². The van der Waals surface area contributed by atoms with E-state index in [1.165, 1.54) is 0 Å². The van der Waals surface area contributed by atoms with Crippen molar-refractivity contribution in [2.24, 2.45) is 0 Å². The van der Waals surface area contributed by atoms with E-state index in [2.05, 4.69) is 24.3 Å². The van der Waals surface area contributed by atoms with Crippen LogP contribution in [0.4, 0.5) is 43.9 Å². The Morgan fingerprint density at radius 1 is 0.200 bits per heavy atom. The first-order valence-corrected chi connectivity index (χ1v) is 23.7. The summed E-state index contributed by atoms with van der Waals surface area (Å²) < 4.78 is 151. The van der Waals surface area contributed by atoms with Gasteiger partial charge in [0.05, 0.1) is 16.5 Å². The van der Waals surface area contributed by atoms with Crippen LogP contribution in [0.3, 0.4) is 0 Å². The van der Waals surface area contributed by atoms with Crippen molar-refractivity contribution >= 4 is 43.1 Å². The molecule has 0 aromatic heterocycles. The average Bonchev–Trinajstić information content (AvgIpc) is 3.95. The second kappa shape index (κ2) is 17.0. The topological polar surface area (TPSA) is 0 Å². The SMILES string of the molecule is Fc1c(F)c(F)c(-c2c3ccccc3c(-c3ccc(C4(c5ccc(-c6c7ccccc7c(-c7c(F)c(F)c(F)c(F)c7F)c7ccccc67)cc5)c5ccccc5-c5ccccc54)cc3)c3ccccc23)c(F)c1F. The highest BCUT2D eigenvalue weighted by molar-refractivity contribution is 6.23. The second-order valence-corrected chi connectivity index (χ2v) is 18.6. The third-order valence-corrected chi connectivity index (χ3v) is 14.9. The first kappa shape index (κ1) is 45.8. The van der Waals surface area contributed by atoms with E-state index >= 15 is 17.6 Å². The van der Waals surface area contributed by atoms with E-state index in [4.69, 9.17) is 0 Å². The quantitative estimate of drug-likeness (QED) is 0.0674. The largest absolute Gasteiger partial charge is 0.203 e. The van der Waals surface area contributed by atoms with Crippen LogP contribution in [0.5, 0.6) is 0 Å². The fourth-order valence-corrected chi connectivity index (χ4v) is 11.9. The second-order valence-electron chi connectivity index (χ2n) is 18.6. The molecular weight excluding hydrogens is 971 g/mol. The number of fused-ring (bicyclic) bond motifs is 7. The highest BCUT2D eigenvalue weighted by Crippen LogP contribution is 2.57. The lowest BCUT2D eigenvalue weighted by Crippen LogP contribution is -2.28. The maximum atomic E-state index is 15.7. The third-order valence-electron chi connectivity index (χ3n) is 14.9. The summed E-state index contributed by atoms with van der Waals surface area (Å²) in [6.45, 7) is 0. The van der Waals surface area contributed by atoms with Crippen molar-refractivity contribution in [1.29, 1.82) is 0 Å². The summed E-state index contributed by atoms with van der Waals surface area (Å²) >= 11 is 0. The van der Waals surface area contributed by atoms with Gasteiger partial charge in [0.25, 0.3) is 0 Å². The van der Waals surface area contributed by atoms with Gasteiger partial charge in [-0.25, -0.2) is 43.9 Å². The highest BCUT2D eigenvalue weighted by Gasteiger charge is 2.46. The van der Waals surface area contributed by atoms with Crippen molar-refractivity contribution in [3.8, 4) is 55.6 Å². The molecule has 0 N–H and O–H groups in total. The first-order valence-electron chi connectivity index (χ1n) is 23.7. The van der Waals surface area contributed by atoms with E-state index in [1.807, 2.05) is 72.8 Å². The van der Waals surface area contributed by atoms with Gasteiger partial charge in [-0.15, -0.1) is 0 Å². The van der Waals surface area contributed by atoms with Gasteiger partial charge in [0.15, 0.2) is 46.5 Å².